The van der Waals surface area contributed by atoms with Crippen molar-refractivity contribution in [3.8, 4) is 28.5 Å². The molecular formula is C28H20Cl2N2O5. The van der Waals surface area contributed by atoms with Crippen LogP contribution in [0, 0.1) is 0 Å². The third-order valence-corrected chi connectivity index (χ3v) is 6.42. The van der Waals surface area contributed by atoms with Crippen LogP contribution in [0.2, 0.25) is 10.0 Å². The number of aromatic nitrogens is 1. The second kappa shape index (κ2) is 10.5. The Morgan fingerprint density at radius 3 is 2.49 bits per heavy atom. The number of carbonyl (C=O) groups is 2. The maximum atomic E-state index is 12.8. The lowest BCUT2D eigenvalue weighted by atomic mass is 9.93. The number of hydrogen-bond donors (Lipinski definition) is 2. The van der Waals surface area contributed by atoms with Crippen molar-refractivity contribution < 1.29 is 24.2 Å². The Labute approximate surface area is 222 Å². The molecule has 2 N–H and O–H groups in total. The fourth-order valence-electron chi connectivity index (χ4n) is 4.00. The minimum atomic E-state index is -0.921. The maximum Gasteiger partial charge on any atom is 0.311 e. The Hall–Kier alpha value is -4.07. The van der Waals surface area contributed by atoms with Gasteiger partial charge in [-0.25, -0.2) is 4.98 Å². The molecule has 1 aliphatic heterocycles. The third-order valence-electron chi connectivity index (χ3n) is 5.88. The summed E-state index contributed by atoms with van der Waals surface area (Å²) in [4.78, 5) is 28.8. The molecule has 0 unspecified atom stereocenters. The lowest BCUT2D eigenvalue weighted by molar-refractivity contribution is -0.139. The number of amides is 1. The van der Waals surface area contributed by atoms with Crippen LogP contribution < -0.4 is 14.8 Å². The molecule has 0 bridgehead atoms. The van der Waals surface area contributed by atoms with E-state index in [9.17, 15) is 14.7 Å². The van der Waals surface area contributed by atoms with Crippen molar-refractivity contribution in [1.82, 2.24) is 4.98 Å². The van der Waals surface area contributed by atoms with E-state index in [0.717, 1.165) is 5.56 Å². The first-order valence-electron chi connectivity index (χ1n) is 11.4. The summed E-state index contributed by atoms with van der Waals surface area (Å²) in [6.07, 6.45) is 0.378. The van der Waals surface area contributed by atoms with Crippen LogP contribution in [0.3, 0.4) is 0 Å². The standard InChI is InChI=1S/C28H20Cl2N2O5/c29-18-8-4-16(5-9-18)23-2-1-3-26(31-23)32-27(33)17-6-10-19(11-7-17)37-25-15-24-21(14-22(25)30)20(28(34)35)12-13-36-24/h1-11,14-15,20H,12-13H2,(H,34,35)(H,31,32,33)/t20-/m0/s1. The molecule has 1 atom stereocenters. The summed E-state index contributed by atoms with van der Waals surface area (Å²) < 4.78 is 11.5. The summed E-state index contributed by atoms with van der Waals surface area (Å²) in [6.45, 7) is 0.298. The molecule has 9 heteroatoms. The van der Waals surface area contributed by atoms with Crippen molar-refractivity contribution in [3.05, 3.63) is 100 Å². The van der Waals surface area contributed by atoms with Gasteiger partial charge in [0.25, 0.3) is 5.91 Å². The number of carboxylic acids is 1. The van der Waals surface area contributed by atoms with Crippen LogP contribution in [0.25, 0.3) is 11.3 Å². The largest absolute Gasteiger partial charge is 0.493 e. The van der Waals surface area contributed by atoms with E-state index in [4.69, 9.17) is 32.7 Å². The van der Waals surface area contributed by atoms with Gasteiger partial charge in [-0.1, -0.05) is 41.4 Å². The smallest absolute Gasteiger partial charge is 0.311 e. The van der Waals surface area contributed by atoms with E-state index >= 15 is 0 Å². The highest BCUT2D eigenvalue weighted by Gasteiger charge is 2.29. The predicted octanol–water partition coefficient (Wildman–Crippen LogP) is 7.05. The highest BCUT2D eigenvalue weighted by molar-refractivity contribution is 6.32. The Kier molecular flexibility index (Phi) is 6.99. The Morgan fingerprint density at radius 2 is 1.76 bits per heavy atom. The molecule has 0 spiro atoms. The van der Waals surface area contributed by atoms with Crippen LogP contribution in [-0.4, -0.2) is 28.6 Å². The molecule has 7 nitrogen and oxygen atoms in total. The van der Waals surface area contributed by atoms with E-state index in [0.29, 0.717) is 57.9 Å². The van der Waals surface area contributed by atoms with Crippen molar-refractivity contribution in [2.75, 3.05) is 11.9 Å². The Balaban J connectivity index is 1.28. The number of aliphatic carboxylic acids is 1. The van der Waals surface area contributed by atoms with E-state index in [-0.39, 0.29) is 10.9 Å². The summed E-state index contributed by atoms with van der Waals surface area (Å²) in [7, 11) is 0. The Morgan fingerprint density at radius 1 is 1.00 bits per heavy atom. The number of halogens is 2. The average Bonchev–Trinajstić information content (AvgIpc) is 2.89. The van der Waals surface area contributed by atoms with Gasteiger partial charge in [-0.15, -0.1) is 0 Å². The zero-order valence-corrected chi connectivity index (χ0v) is 20.8. The normalized spacial score (nSPS) is 14.3. The van der Waals surface area contributed by atoms with Gasteiger partial charge in [0.05, 0.1) is 23.2 Å². The minimum absolute atomic E-state index is 0.268. The molecule has 37 heavy (non-hydrogen) atoms. The predicted molar refractivity (Wildman–Crippen MR) is 141 cm³/mol. The number of ether oxygens (including phenoxy) is 2. The van der Waals surface area contributed by atoms with Gasteiger partial charge in [-0.3, -0.25) is 9.59 Å². The molecule has 2 heterocycles. The number of rotatable bonds is 6. The zero-order valence-electron chi connectivity index (χ0n) is 19.3. The second-order valence-corrected chi connectivity index (χ2v) is 9.19. The first-order valence-corrected chi connectivity index (χ1v) is 12.1. The summed E-state index contributed by atoms with van der Waals surface area (Å²) >= 11 is 12.3. The van der Waals surface area contributed by atoms with Gasteiger partial charge in [0.2, 0.25) is 0 Å². The highest BCUT2D eigenvalue weighted by atomic mass is 35.5. The van der Waals surface area contributed by atoms with Crippen LogP contribution in [0.1, 0.15) is 28.3 Å². The number of carboxylic acid groups (broad SMARTS) is 1. The topological polar surface area (TPSA) is 97.8 Å². The van der Waals surface area contributed by atoms with E-state index in [1.54, 1.807) is 54.6 Å². The summed E-state index contributed by atoms with van der Waals surface area (Å²) in [6, 6.07) is 22.3. The van der Waals surface area contributed by atoms with E-state index in [2.05, 4.69) is 10.3 Å². The summed E-state index contributed by atoms with van der Waals surface area (Å²) in [5.74, 6) is -0.295. The average molecular weight is 535 g/mol. The minimum Gasteiger partial charge on any atom is -0.493 e. The molecule has 1 aliphatic rings. The fraction of sp³-hybridized carbons (Fsp3) is 0.107. The lowest BCUT2D eigenvalue weighted by Crippen LogP contribution is -2.20. The first kappa shape index (κ1) is 24.6. The lowest BCUT2D eigenvalue weighted by Gasteiger charge is -2.24. The molecule has 0 radical (unpaired) electrons. The first-order chi connectivity index (χ1) is 17.9. The van der Waals surface area contributed by atoms with Crippen LogP contribution in [-0.2, 0) is 4.79 Å². The van der Waals surface area contributed by atoms with Gasteiger partial charge in [0.15, 0.2) is 0 Å². The van der Waals surface area contributed by atoms with Gasteiger partial charge in [-0.05, 0) is 61.0 Å². The number of hydrogen-bond acceptors (Lipinski definition) is 5. The Bertz CT molecular complexity index is 1470. The molecule has 3 aromatic carbocycles. The fourth-order valence-corrected chi connectivity index (χ4v) is 4.34. The van der Waals surface area contributed by atoms with Crippen molar-refractivity contribution in [1.29, 1.82) is 0 Å². The summed E-state index contributed by atoms with van der Waals surface area (Å²) in [5.41, 5.74) is 2.53. The molecule has 5 rings (SSSR count). The van der Waals surface area contributed by atoms with E-state index < -0.39 is 11.9 Å². The molecule has 0 saturated carbocycles. The number of anilines is 1. The van der Waals surface area contributed by atoms with Crippen molar-refractivity contribution >= 4 is 40.9 Å². The van der Waals surface area contributed by atoms with E-state index in [1.807, 2.05) is 24.3 Å². The third kappa shape index (κ3) is 5.53. The van der Waals surface area contributed by atoms with Crippen LogP contribution in [0.5, 0.6) is 17.2 Å². The van der Waals surface area contributed by atoms with Gasteiger partial charge in [-0.2, -0.15) is 0 Å². The number of nitrogens with zero attached hydrogens (tertiary/aromatic N) is 1. The van der Waals surface area contributed by atoms with Gasteiger partial charge >= 0.3 is 5.97 Å². The summed E-state index contributed by atoms with van der Waals surface area (Å²) in [5, 5.41) is 13.2. The van der Waals surface area contributed by atoms with Crippen LogP contribution in [0.15, 0.2) is 78.9 Å². The van der Waals surface area contributed by atoms with Crippen molar-refractivity contribution in [2.45, 2.75) is 12.3 Å². The van der Waals surface area contributed by atoms with Gasteiger partial charge in [0.1, 0.15) is 23.1 Å². The molecule has 0 fully saturated rings. The molecule has 0 saturated heterocycles. The quantitative estimate of drug-likeness (QED) is 0.275. The molecule has 1 aromatic heterocycles. The second-order valence-electron chi connectivity index (χ2n) is 8.34. The monoisotopic (exact) mass is 534 g/mol. The van der Waals surface area contributed by atoms with Crippen LogP contribution >= 0.6 is 23.2 Å². The van der Waals surface area contributed by atoms with Gasteiger partial charge < -0.3 is 19.9 Å². The highest BCUT2D eigenvalue weighted by Crippen LogP contribution is 2.41. The molecule has 1 amide bonds. The number of nitrogens with one attached hydrogen (secondary N) is 1. The SMILES string of the molecule is O=C(Nc1cccc(-c2ccc(Cl)cc2)n1)c1ccc(Oc2cc3c(cc2Cl)[C@@H](C(=O)O)CCO3)cc1. The number of pyridine rings is 1. The van der Waals surface area contributed by atoms with Crippen molar-refractivity contribution in [2.24, 2.45) is 0 Å². The molecular weight excluding hydrogens is 515 g/mol. The number of benzene rings is 3. The number of carbonyl (C=O) groups excluding carboxylic acids is 1. The van der Waals surface area contributed by atoms with E-state index in [1.165, 1.54) is 0 Å². The zero-order chi connectivity index (χ0) is 25.9. The van der Waals surface area contributed by atoms with Crippen molar-refractivity contribution in [3.63, 3.8) is 0 Å². The molecule has 186 valence electrons. The van der Waals surface area contributed by atoms with Gasteiger partial charge in [0, 0.05) is 27.8 Å². The number of fused-ring (bicyclic) bond motifs is 1. The molecule has 0 aliphatic carbocycles. The molecule has 4 aromatic rings. The maximum absolute atomic E-state index is 12.8. The van der Waals surface area contributed by atoms with Crippen LogP contribution in [0.4, 0.5) is 5.82 Å².